The molecule has 3 aliphatic carbocycles. The van der Waals surface area contributed by atoms with E-state index >= 15 is 0 Å². The number of aromatic nitrogens is 1. The van der Waals surface area contributed by atoms with Gasteiger partial charge in [0.25, 0.3) is 0 Å². The van der Waals surface area contributed by atoms with Crippen LogP contribution in [0.15, 0.2) is 30.6 Å². The molecule has 3 fully saturated rings. The van der Waals surface area contributed by atoms with Crippen LogP contribution in [0, 0.1) is 34.5 Å². The third-order valence-corrected chi connectivity index (χ3v) is 9.28. The van der Waals surface area contributed by atoms with Gasteiger partial charge in [-0.2, -0.15) is 0 Å². The van der Waals surface area contributed by atoms with E-state index < -0.39 is 0 Å². The standard InChI is InChI=1S/C25H34N2O.CH5N/c1-24-12-3-6-23(28)27-16-18(24)7-8-19-21-10-9-20(17-5-4-14-26-15-17)25(21,2)13-11-22(19)24;1-2/h4-5,9,14-15,18-19,21-22H,3,6-8,10-13,16H2,1-2H3,(H,27,28);2H2,1H3/t18?,19?,21?,22?,24-,25?;/m1./s1. The molecule has 1 aromatic rings. The Hall–Kier alpha value is -1.68. The Balaban J connectivity index is 0.00000106. The Labute approximate surface area is 182 Å². The summed E-state index contributed by atoms with van der Waals surface area (Å²) < 4.78 is 0. The number of amides is 1. The summed E-state index contributed by atoms with van der Waals surface area (Å²) >= 11 is 0. The summed E-state index contributed by atoms with van der Waals surface area (Å²) in [6.07, 6.45) is 16.0. The molecule has 6 atom stereocenters. The quantitative estimate of drug-likeness (QED) is 0.699. The molecule has 4 heteroatoms. The van der Waals surface area contributed by atoms with Crippen LogP contribution in [0.2, 0.25) is 0 Å². The van der Waals surface area contributed by atoms with Gasteiger partial charge in [-0.25, -0.2) is 0 Å². The second kappa shape index (κ2) is 8.45. The van der Waals surface area contributed by atoms with Gasteiger partial charge >= 0.3 is 0 Å². The molecular formula is C26H39N3O. The lowest BCUT2D eigenvalue weighted by atomic mass is 9.46. The van der Waals surface area contributed by atoms with E-state index in [2.05, 4.69) is 54.3 Å². The first-order valence-corrected chi connectivity index (χ1v) is 12.0. The Morgan fingerprint density at radius 1 is 1.13 bits per heavy atom. The third-order valence-electron chi connectivity index (χ3n) is 9.28. The zero-order valence-electron chi connectivity index (χ0n) is 19.0. The minimum Gasteiger partial charge on any atom is -0.356 e. The summed E-state index contributed by atoms with van der Waals surface area (Å²) in [5, 5.41) is 3.23. The Morgan fingerprint density at radius 3 is 2.73 bits per heavy atom. The van der Waals surface area contributed by atoms with Crippen LogP contribution in [-0.4, -0.2) is 24.5 Å². The number of nitrogens with zero attached hydrogens (tertiary/aromatic N) is 1. The van der Waals surface area contributed by atoms with E-state index in [9.17, 15) is 4.79 Å². The van der Waals surface area contributed by atoms with E-state index in [0.29, 0.717) is 23.2 Å². The molecule has 2 saturated carbocycles. The van der Waals surface area contributed by atoms with Crippen molar-refractivity contribution in [2.45, 2.75) is 65.2 Å². The summed E-state index contributed by atoms with van der Waals surface area (Å²) in [7, 11) is 1.50. The molecule has 30 heavy (non-hydrogen) atoms. The number of fused-ring (bicyclic) bond motifs is 5. The van der Waals surface area contributed by atoms with Crippen molar-refractivity contribution >= 4 is 11.5 Å². The molecule has 0 spiro atoms. The Bertz CT molecular complexity index is 791. The van der Waals surface area contributed by atoms with Crippen LogP contribution in [0.3, 0.4) is 0 Å². The fraction of sp³-hybridized carbons (Fsp3) is 0.692. The summed E-state index contributed by atoms with van der Waals surface area (Å²) in [5.74, 6) is 3.36. The molecule has 4 nitrogen and oxygen atoms in total. The van der Waals surface area contributed by atoms with Gasteiger partial charge in [-0.1, -0.05) is 26.0 Å². The number of allylic oxidation sites excluding steroid dienone is 2. The molecule has 1 saturated heterocycles. The van der Waals surface area contributed by atoms with Gasteiger partial charge in [-0.15, -0.1) is 0 Å². The molecule has 0 radical (unpaired) electrons. The first-order chi connectivity index (χ1) is 14.5. The summed E-state index contributed by atoms with van der Waals surface area (Å²) in [4.78, 5) is 16.3. The van der Waals surface area contributed by atoms with Crippen LogP contribution in [-0.2, 0) is 4.79 Å². The van der Waals surface area contributed by atoms with Crippen molar-refractivity contribution in [3.8, 4) is 0 Å². The van der Waals surface area contributed by atoms with Gasteiger partial charge in [0.2, 0.25) is 5.91 Å². The number of rotatable bonds is 1. The van der Waals surface area contributed by atoms with Gasteiger partial charge in [0.1, 0.15) is 0 Å². The maximum absolute atomic E-state index is 11.9. The second-order valence-electron chi connectivity index (χ2n) is 10.4. The van der Waals surface area contributed by atoms with Crippen molar-refractivity contribution in [1.82, 2.24) is 10.3 Å². The van der Waals surface area contributed by atoms with Crippen LogP contribution in [0.1, 0.15) is 70.8 Å². The van der Waals surface area contributed by atoms with E-state index in [-0.39, 0.29) is 5.91 Å². The highest BCUT2D eigenvalue weighted by molar-refractivity contribution is 5.76. The van der Waals surface area contributed by atoms with Crippen molar-refractivity contribution in [3.05, 3.63) is 36.2 Å². The lowest BCUT2D eigenvalue weighted by Gasteiger charge is -2.59. The van der Waals surface area contributed by atoms with Crippen LogP contribution in [0.5, 0.6) is 0 Å². The second-order valence-corrected chi connectivity index (χ2v) is 10.4. The molecular weight excluding hydrogens is 370 g/mol. The maximum Gasteiger partial charge on any atom is 0.220 e. The molecule has 5 unspecified atom stereocenters. The van der Waals surface area contributed by atoms with Crippen molar-refractivity contribution in [2.24, 2.45) is 40.2 Å². The Kier molecular flexibility index (Phi) is 6.07. The largest absolute Gasteiger partial charge is 0.356 e. The van der Waals surface area contributed by atoms with Gasteiger partial charge in [0.05, 0.1) is 0 Å². The predicted octanol–water partition coefficient (Wildman–Crippen LogP) is 4.81. The SMILES string of the molecule is CC12CCC3C(CCC4CNC(=O)CCC[C@]43C)C1CC=C2c1cccnc1.CN. The highest BCUT2D eigenvalue weighted by atomic mass is 16.1. The van der Waals surface area contributed by atoms with Gasteiger partial charge in [0.15, 0.2) is 0 Å². The van der Waals surface area contributed by atoms with Gasteiger partial charge in [-0.05, 0) is 104 Å². The lowest BCUT2D eigenvalue weighted by Crippen LogP contribution is -2.54. The van der Waals surface area contributed by atoms with E-state index in [4.69, 9.17) is 0 Å². The van der Waals surface area contributed by atoms with Crippen LogP contribution in [0.4, 0.5) is 0 Å². The number of carbonyl (C=O) groups is 1. The average Bonchev–Trinajstić information content (AvgIpc) is 3.11. The van der Waals surface area contributed by atoms with E-state index in [0.717, 1.165) is 30.7 Å². The molecule has 0 aromatic carbocycles. The summed E-state index contributed by atoms with van der Waals surface area (Å²) in [6.45, 7) is 6.01. The fourth-order valence-corrected chi connectivity index (χ4v) is 7.75. The first-order valence-electron chi connectivity index (χ1n) is 12.0. The highest BCUT2D eigenvalue weighted by Gasteiger charge is 2.57. The first kappa shape index (κ1) is 21.5. The molecule has 1 aromatic heterocycles. The molecule has 164 valence electrons. The molecule has 5 rings (SSSR count). The predicted molar refractivity (Wildman–Crippen MR) is 122 cm³/mol. The molecule has 3 N–H and O–H groups in total. The number of hydrogen-bond acceptors (Lipinski definition) is 3. The highest BCUT2D eigenvalue weighted by Crippen LogP contribution is 2.66. The number of pyridine rings is 1. The number of nitrogens with two attached hydrogens (primary N) is 1. The lowest BCUT2D eigenvalue weighted by molar-refractivity contribution is -0.125. The smallest absolute Gasteiger partial charge is 0.220 e. The molecule has 1 aliphatic heterocycles. The average molecular weight is 410 g/mol. The van der Waals surface area contributed by atoms with Crippen LogP contribution in [0.25, 0.3) is 5.57 Å². The van der Waals surface area contributed by atoms with Crippen molar-refractivity contribution in [2.75, 3.05) is 13.6 Å². The van der Waals surface area contributed by atoms with E-state index in [1.165, 1.54) is 51.1 Å². The van der Waals surface area contributed by atoms with Crippen molar-refractivity contribution in [3.63, 3.8) is 0 Å². The van der Waals surface area contributed by atoms with E-state index in [1.807, 2.05) is 6.20 Å². The minimum absolute atomic E-state index is 0.265. The molecule has 4 aliphatic rings. The maximum atomic E-state index is 11.9. The molecule has 2 heterocycles. The van der Waals surface area contributed by atoms with Crippen LogP contribution >= 0.6 is 0 Å². The fourth-order valence-electron chi connectivity index (χ4n) is 7.75. The van der Waals surface area contributed by atoms with Crippen LogP contribution < -0.4 is 11.1 Å². The minimum atomic E-state index is 0.265. The third kappa shape index (κ3) is 3.41. The summed E-state index contributed by atoms with van der Waals surface area (Å²) in [5.41, 5.74) is 8.10. The van der Waals surface area contributed by atoms with Crippen molar-refractivity contribution < 1.29 is 4.79 Å². The normalized spacial score (nSPS) is 40.3. The number of nitrogens with one attached hydrogen (secondary N) is 1. The summed E-state index contributed by atoms with van der Waals surface area (Å²) in [6, 6.07) is 4.32. The van der Waals surface area contributed by atoms with Gasteiger partial charge < -0.3 is 11.1 Å². The van der Waals surface area contributed by atoms with Crippen molar-refractivity contribution in [1.29, 1.82) is 0 Å². The van der Waals surface area contributed by atoms with Gasteiger partial charge in [-0.3, -0.25) is 9.78 Å². The number of carbonyl (C=O) groups excluding carboxylic acids is 1. The zero-order valence-corrected chi connectivity index (χ0v) is 19.0. The zero-order chi connectivity index (χ0) is 21.4. The molecule has 0 bridgehead atoms. The van der Waals surface area contributed by atoms with E-state index in [1.54, 1.807) is 5.57 Å². The Morgan fingerprint density at radius 2 is 1.97 bits per heavy atom. The van der Waals surface area contributed by atoms with Gasteiger partial charge in [0, 0.05) is 25.4 Å². The topological polar surface area (TPSA) is 68.0 Å². The molecule has 1 amide bonds. The number of hydrogen-bond donors (Lipinski definition) is 2. The monoisotopic (exact) mass is 409 g/mol.